The number of nitrogens with zero attached hydrogens (tertiary/aromatic N) is 1. The minimum absolute atomic E-state index is 0.666. The third-order valence-electron chi connectivity index (χ3n) is 3.08. The molecule has 6 nitrogen and oxygen atoms in total. The summed E-state index contributed by atoms with van der Waals surface area (Å²) in [4.78, 5) is 12.3. The lowest BCUT2D eigenvalue weighted by Crippen LogP contribution is -2.32. The van der Waals surface area contributed by atoms with Gasteiger partial charge in [-0.05, 0) is 13.3 Å². The summed E-state index contributed by atoms with van der Waals surface area (Å²) in [6.07, 6.45) is 13.8. The molecule has 22 heavy (non-hydrogen) atoms. The predicted molar refractivity (Wildman–Crippen MR) is 81.6 cm³/mol. The molecule has 0 saturated heterocycles. The van der Waals surface area contributed by atoms with E-state index in [1.165, 1.54) is 44.9 Å². The Morgan fingerprint density at radius 1 is 1.27 bits per heavy atom. The summed E-state index contributed by atoms with van der Waals surface area (Å²) in [5, 5.41) is 17.3. The second-order valence-corrected chi connectivity index (χ2v) is 5.28. The number of ether oxygens (including phenoxy) is 1. The van der Waals surface area contributed by atoms with E-state index in [0.717, 1.165) is 13.5 Å². The number of carboxylic acid groups (broad SMARTS) is 1. The lowest BCUT2D eigenvalue weighted by atomic mass is 10.1. The van der Waals surface area contributed by atoms with Crippen LogP contribution in [0.5, 0.6) is 0 Å². The van der Waals surface area contributed by atoms with Gasteiger partial charge in [-0.25, -0.2) is 4.57 Å². The Hall–Kier alpha value is -1.40. The monoisotopic (exact) mass is 314 g/mol. The maximum absolute atomic E-state index is 9.34. The Bertz CT molecular complexity index is 353. The predicted octanol–water partition coefficient (Wildman–Crippen LogP) is 1.14. The summed E-state index contributed by atoms with van der Waals surface area (Å²) >= 11 is 0. The van der Waals surface area contributed by atoms with Crippen LogP contribution in [-0.2, 0) is 16.3 Å². The van der Waals surface area contributed by atoms with Gasteiger partial charge in [0.2, 0.25) is 6.33 Å². The number of aliphatic carboxylic acids is 1. The second-order valence-electron chi connectivity index (χ2n) is 5.28. The number of carbonyl (C=O) groups is 1. The highest BCUT2D eigenvalue weighted by Crippen LogP contribution is 2.06. The SMILES string of the molecule is CCCCCCCCCOC[n+]1cc[nH]c1.C[C@H](O)C(=O)[O-]. The molecule has 128 valence electrons. The number of hydrogen-bond donors (Lipinski definition) is 2. The fraction of sp³-hybridized carbons (Fsp3) is 0.750. The van der Waals surface area contributed by atoms with Gasteiger partial charge in [-0.15, -0.1) is 0 Å². The number of unbranched alkanes of at least 4 members (excludes halogenated alkanes) is 6. The molecule has 6 heteroatoms. The first-order chi connectivity index (χ1) is 10.6. The number of hydrogen-bond acceptors (Lipinski definition) is 4. The quantitative estimate of drug-likeness (QED) is 0.473. The molecule has 0 saturated carbocycles. The highest BCUT2D eigenvalue weighted by Gasteiger charge is 1.96. The zero-order valence-electron chi connectivity index (χ0n) is 13.8. The molecule has 0 aliphatic carbocycles. The third-order valence-corrected chi connectivity index (χ3v) is 3.08. The zero-order chi connectivity index (χ0) is 16.6. The zero-order valence-corrected chi connectivity index (χ0v) is 13.8. The van der Waals surface area contributed by atoms with E-state index in [2.05, 4.69) is 11.9 Å². The highest BCUT2D eigenvalue weighted by atomic mass is 16.5. The van der Waals surface area contributed by atoms with Gasteiger partial charge in [-0.2, -0.15) is 0 Å². The van der Waals surface area contributed by atoms with E-state index < -0.39 is 12.1 Å². The standard InChI is InChI=1S/C13H24N2O.C3H6O3/c1-2-3-4-5-6-7-8-11-16-13-15-10-9-14-12-15;1-2(4)3(5)6/h9-10,12H,2-8,11,13H2,1H3;2,4H,1H3,(H,5,6)/t;2-/m.0/s1. The number of aromatic nitrogens is 2. The molecular formula is C16H30N2O4. The lowest BCUT2D eigenvalue weighted by molar-refractivity contribution is -0.731. The number of nitrogens with one attached hydrogen (secondary N) is 1. The Morgan fingerprint density at radius 3 is 2.36 bits per heavy atom. The fourth-order valence-electron chi connectivity index (χ4n) is 1.73. The smallest absolute Gasteiger partial charge is 0.243 e. The summed E-state index contributed by atoms with van der Waals surface area (Å²) in [6, 6.07) is 0. The minimum atomic E-state index is -1.44. The van der Waals surface area contributed by atoms with E-state index in [4.69, 9.17) is 9.84 Å². The summed E-state index contributed by atoms with van der Waals surface area (Å²) < 4.78 is 7.55. The number of H-pyrrole nitrogens is 1. The first kappa shape index (κ1) is 20.6. The number of rotatable bonds is 11. The average molecular weight is 314 g/mol. The van der Waals surface area contributed by atoms with Crippen LogP contribution in [0.15, 0.2) is 18.7 Å². The number of aliphatic hydroxyl groups excluding tert-OH is 1. The van der Waals surface area contributed by atoms with E-state index in [0.29, 0.717) is 6.73 Å². The van der Waals surface area contributed by atoms with Crippen LogP contribution in [-0.4, -0.2) is 28.8 Å². The number of carbonyl (C=O) groups excluding carboxylic acids is 1. The topological polar surface area (TPSA) is 89.3 Å². The molecule has 0 aliphatic rings. The summed E-state index contributed by atoms with van der Waals surface area (Å²) in [5.41, 5.74) is 0. The van der Waals surface area contributed by atoms with Crippen LogP contribution in [0.4, 0.5) is 0 Å². The Morgan fingerprint density at radius 2 is 1.86 bits per heavy atom. The largest absolute Gasteiger partial charge is 0.547 e. The van der Waals surface area contributed by atoms with Gasteiger partial charge in [0.15, 0.2) is 6.73 Å². The van der Waals surface area contributed by atoms with Crippen molar-refractivity contribution in [2.45, 2.75) is 71.6 Å². The van der Waals surface area contributed by atoms with E-state index in [1.807, 2.05) is 23.3 Å². The van der Waals surface area contributed by atoms with Gasteiger partial charge in [0.25, 0.3) is 0 Å². The van der Waals surface area contributed by atoms with Gasteiger partial charge < -0.3 is 19.7 Å². The summed E-state index contributed by atoms with van der Waals surface area (Å²) in [6.45, 7) is 4.94. The number of imidazole rings is 1. The maximum atomic E-state index is 9.34. The van der Waals surface area contributed by atoms with Crippen molar-refractivity contribution in [2.75, 3.05) is 6.61 Å². The molecule has 0 unspecified atom stereocenters. The maximum Gasteiger partial charge on any atom is 0.243 e. The highest BCUT2D eigenvalue weighted by molar-refractivity contribution is 5.68. The van der Waals surface area contributed by atoms with Crippen molar-refractivity contribution in [3.63, 3.8) is 0 Å². The van der Waals surface area contributed by atoms with Crippen molar-refractivity contribution in [2.24, 2.45) is 0 Å². The van der Waals surface area contributed by atoms with Gasteiger partial charge >= 0.3 is 0 Å². The van der Waals surface area contributed by atoms with Crippen LogP contribution >= 0.6 is 0 Å². The molecule has 0 aliphatic heterocycles. The Kier molecular flexibility index (Phi) is 13.6. The van der Waals surface area contributed by atoms with Gasteiger partial charge in [0.05, 0.1) is 18.7 Å². The molecule has 0 spiro atoms. The van der Waals surface area contributed by atoms with Crippen molar-refractivity contribution in [1.82, 2.24) is 4.98 Å². The molecular weight excluding hydrogens is 284 g/mol. The molecule has 1 atom stereocenters. The van der Waals surface area contributed by atoms with Gasteiger partial charge in [0.1, 0.15) is 12.4 Å². The van der Waals surface area contributed by atoms with E-state index >= 15 is 0 Å². The van der Waals surface area contributed by atoms with Crippen molar-refractivity contribution in [1.29, 1.82) is 0 Å². The van der Waals surface area contributed by atoms with Crippen molar-refractivity contribution < 1.29 is 24.3 Å². The molecule has 1 aromatic heterocycles. The van der Waals surface area contributed by atoms with Crippen LogP contribution in [0.3, 0.4) is 0 Å². The molecule has 0 fully saturated rings. The van der Waals surface area contributed by atoms with Crippen molar-refractivity contribution in [3.8, 4) is 0 Å². The van der Waals surface area contributed by atoms with Gasteiger partial charge in [-0.1, -0.05) is 45.4 Å². The van der Waals surface area contributed by atoms with Crippen LogP contribution in [0.25, 0.3) is 0 Å². The average Bonchev–Trinajstić information content (AvgIpc) is 2.99. The van der Waals surface area contributed by atoms with Crippen LogP contribution < -0.4 is 9.67 Å². The van der Waals surface area contributed by atoms with Crippen LogP contribution in [0.1, 0.15) is 58.8 Å². The van der Waals surface area contributed by atoms with Crippen LogP contribution in [0.2, 0.25) is 0 Å². The molecule has 1 rings (SSSR count). The number of aromatic amines is 1. The number of aliphatic hydroxyl groups is 1. The molecule has 0 bridgehead atoms. The Balaban J connectivity index is 0.000000626. The van der Waals surface area contributed by atoms with Gasteiger partial charge in [0, 0.05) is 0 Å². The first-order valence-corrected chi connectivity index (χ1v) is 8.06. The molecule has 0 radical (unpaired) electrons. The molecule has 0 amide bonds. The minimum Gasteiger partial charge on any atom is -0.547 e. The molecule has 2 N–H and O–H groups in total. The summed E-state index contributed by atoms with van der Waals surface area (Å²) in [7, 11) is 0. The second kappa shape index (κ2) is 14.5. The van der Waals surface area contributed by atoms with Gasteiger partial charge in [-0.3, -0.25) is 4.98 Å². The van der Waals surface area contributed by atoms with E-state index in [1.54, 1.807) is 0 Å². The van der Waals surface area contributed by atoms with Crippen LogP contribution in [0, 0.1) is 0 Å². The first-order valence-electron chi connectivity index (χ1n) is 8.06. The summed E-state index contributed by atoms with van der Waals surface area (Å²) in [5.74, 6) is -1.44. The van der Waals surface area contributed by atoms with E-state index in [9.17, 15) is 9.90 Å². The molecule has 0 aromatic carbocycles. The number of carboxylic acids is 1. The van der Waals surface area contributed by atoms with Crippen molar-refractivity contribution in [3.05, 3.63) is 18.7 Å². The lowest BCUT2D eigenvalue weighted by Gasteiger charge is -2.02. The fourth-order valence-corrected chi connectivity index (χ4v) is 1.73. The molecule has 1 aromatic rings. The van der Waals surface area contributed by atoms with E-state index in [-0.39, 0.29) is 0 Å². The third kappa shape index (κ3) is 13.6. The normalized spacial score (nSPS) is 11.6. The Labute approximate surface area is 133 Å². The van der Waals surface area contributed by atoms with Crippen molar-refractivity contribution >= 4 is 5.97 Å². The molecule has 1 heterocycles.